The van der Waals surface area contributed by atoms with Gasteiger partial charge in [-0.15, -0.1) is 0 Å². The van der Waals surface area contributed by atoms with E-state index in [-0.39, 0.29) is 12.1 Å². The zero-order chi connectivity index (χ0) is 12.4. The number of hydrogen-bond acceptors (Lipinski definition) is 2. The monoisotopic (exact) mass is 232 g/mol. The molecule has 3 heteroatoms. The van der Waals surface area contributed by atoms with E-state index in [1.165, 1.54) is 0 Å². The third kappa shape index (κ3) is 2.43. The van der Waals surface area contributed by atoms with Crippen molar-refractivity contribution in [2.45, 2.75) is 45.9 Å². The minimum absolute atomic E-state index is 0.174. The summed E-state index contributed by atoms with van der Waals surface area (Å²) in [6.07, 6.45) is 0.174. The van der Waals surface area contributed by atoms with E-state index < -0.39 is 0 Å². The van der Waals surface area contributed by atoms with E-state index >= 15 is 0 Å². The summed E-state index contributed by atoms with van der Waals surface area (Å²) in [6.45, 7) is 8.38. The van der Waals surface area contributed by atoms with E-state index in [2.05, 4.69) is 49.7 Å². The second kappa shape index (κ2) is 4.78. The number of rotatable bonds is 2. The molecular formula is C14H20N2O. The van der Waals surface area contributed by atoms with Gasteiger partial charge in [0, 0.05) is 11.7 Å². The summed E-state index contributed by atoms with van der Waals surface area (Å²) in [5.74, 6) is 0. The number of ether oxygens (including phenoxy) is 1. The molecule has 0 unspecified atom stereocenters. The van der Waals surface area contributed by atoms with E-state index in [4.69, 9.17) is 4.74 Å². The van der Waals surface area contributed by atoms with Crippen LogP contribution in [0.5, 0.6) is 0 Å². The summed E-state index contributed by atoms with van der Waals surface area (Å²) in [6, 6.07) is 11.6. The first-order chi connectivity index (χ1) is 8.09. The lowest BCUT2D eigenvalue weighted by Crippen LogP contribution is -2.34. The number of nitrogens with zero attached hydrogens (tertiary/aromatic N) is 2. The molecule has 1 saturated heterocycles. The maximum absolute atomic E-state index is 5.83. The summed E-state index contributed by atoms with van der Waals surface area (Å²) in [7, 11) is 0. The van der Waals surface area contributed by atoms with Crippen molar-refractivity contribution in [1.29, 1.82) is 0 Å². The Morgan fingerprint density at radius 3 is 2.41 bits per heavy atom. The molecule has 0 amide bonds. The SMILES string of the molecule is CC(C)N=C1O[C@@H](C)[C@H](C)N1c1ccccc1. The lowest BCUT2D eigenvalue weighted by atomic mass is 10.2. The van der Waals surface area contributed by atoms with Gasteiger partial charge >= 0.3 is 0 Å². The van der Waals surface area contributed by atoms with Gasteiger partial charge in [0.05, 0.1) is 6.04 Å². The van der Waals surface area contributed by atoms with Crippen LogP contribution in [0, 0.1) is 0 Å². The van der Waals surface area contributed by atoms with Gasteiger partial charge in [-0.25, -0.2) is 4.99 Å². The highest BCUT2D eigenvalue weighted by Gasteiger charge is 2.35. The lowest BCUT2D eigenvalue weighted by Gasteiger charge is -2.21. The predicted molar refractivity (Wildman–Crippen MR) is 71.5 cm³/mol. The Bertz CT molecular complexity index is 400. The first-order valence-electron chi connectivity index (χ1n) is 6.18. The maximum atomic E-state index is 5.83. The molecule has 1 aliphatic rings. The molecule has 1 aromatic rings. The van der Waals surface area contributed by atoms with Crippen molar-refractivity contribution in [2.24, 2.45) is 4.99 Å². The van der Waals surface area contributed by atoms with Crippen molar-refractivity contribution in [2.75, 3.05) is 4.90 Å². The van der Waals surface area contributed by atoms with Gasteiger partial charge in [-0.3, -0.25) is 4.90 Å². The van der Waals surface area contributed by atoms with Crippen LogP contribution in [0.3, 0.4) is 0 Å². The molecule has 1 aromatic carbocycles. The molecule has 1 aliphatic heterocycles. The van der Waals surface area contributed by atoms with Crippen molar-refractivity contribution in [1.82, 2.24) is 0 Å². The van der Waals surface area contributed by atoms with E-state index in [0.717, 1.165) is 11.7 Å². The van der Waals surface area contributed by atoms with Crippen LogP contribution in [0.25, 0.3) is 0 Å². The topological polar surface area (TPSA) is 24.8 Å². The van der Waals surface area contributed by atoms with Crippen LogP contribution in [0.1, 0.15) is 27.7 Å². The Balaban J connectivity index is 2.35. The molecule has 0 radical (unpaired) electrons. The summed E-state index contributed by atoms with van der Waals surface area (Å²) in [5, 5.41) is 0. The first-order valence-corrected chi connectivity index (χ1v) is 6.18. The molecule has 0 N–H and O–H groups in total. The standard InChI is InChI=1S/C14H20N2O/c1-10(2)15-14-16(11(3)12(4)17-14)13-8-6-5-7-9-13/h5-12H,1-4H3/t11-,12-/m0/s1. The number of benzene rings is 1. The van der Waals surface area contributed by atoms with Gasteiger partial charge in [-0.2, -0.15) is 0 Å². The molecular weight excluding hydrogens is 212 g/mol. The number of amidine groups is 1. The van der Waals surface area contributed by atoms with Crippen molar-refractivity contribution in [3.8, 4) is 0 Å². The molecule has 1 fully saturated rings. The third-order valence-corrected chi connectivity index (χ3v) is 2.99. The van der Waals surface area contributed by atoms with Crippen LogP contribution in [-0.2, 0) is 4.74 Å². The van der Waals surface area contributed by atoms with Crippen LogP contribution in [0.4, 0.5) is 5.69 Å². The molecule has 3 nitrogen and oxygen atoms in total. The molecule has 0 bridgehead atoms. The first kappa shape index (κ1) is 12.0. The van der Waals surface area contributed by atoms with Crippen LogP contribution >= 0.6 is 0 Å². The molecule has 17 heavy (non-hydrogen) atoms. The van der Waals surface area contributed by atoms with E-state index in [1.54, 1.807) is 0 Å². The zero-order valence-electron chi connectivity index (χ0n) is 10.9. The fourth-order valence-corrected chi connectivity index (χ4v) is 1.95. The molecule has 1 heterocycles. The summed E-state index contributed by atoms with van der Waals surface area (Å²) in [4.78, 5) is 6.73. The van der Waals surface area contributed by atoms with Gasteiger partial charge in [0.25, 0.3) is 6.02 Å². The van der Waals surface area contributed by atoms with Crippen LogP contribution in [-0.4, -0.2) is 24.2 Å². The number of para-hydroxylation sites is 1. The fourth-order valence-electron chi connectivity index (χ4n) is 1.95. The van der Waals surface area contributed by atoms with Gasteiger partial charge in [0.15, 0.2) is 0 Å². The molecule has 0 saturated carbocycles. The quantitative estimate of drug-likeness (QED) is 0.783. The molecule has 0 aromatic heterocycles. The summed E-state index contributed by atoms with van der Waals surface area (Å²) >= 11 is 0. The third-order valence-electron chi connectivity index (χ3n) is 2.99. The minimum atomic E-state index is 0.174. The number of hydrogen-bond donors (Lipinski definition) is 0. The van der Waals surface area contributed by atoms with Gasteiger partial charge < -0.3 is 4.74 Å². The van der Waals surface area contributed by atoms with Gasteiger partial charge in [0.2, 0.25) is 0 Å². The fraction of sp³-hybridized carbons (Fsp3) is 0.500. The Morgan fingerprint density at radius 1 is 1.18 bits per heavy atom. The average molecular weight is 232 g/mol. The lowest BCUT2D eigenvalue weighted by molar-refractivity contribution is 0.226. The van der Waals surface area contributed by atoms with Crippen molar-refractivity contribution >= 4 is 11.7 Å². The summed E-state index contributed by atoms with van der Waals surface area (Å²) < 4.78 is 5.83. The Morgan fingerprint density at radius 2 is 1.82 bits per heavy atom. The van der Waals surface area contributed by atoms with Crippen molar-refractivity contribution in [3.05, 3.63) is 30.3 Å². The Labute approximate surface area is 103 Å². The van der Waals surface area contributed by atoms with Gasteiger partial charge in [-0.1, -0.05) is 18.2 Å². The highest BCUT2D eigenvalue weighted by Crippen LogP contribution is 2.26. The highest BCUT2D eigenvalue weighted by atomic mass is 16.5. The molecule has 2 atom stereocenters. The second-order valence-electron chi connectivity index (χ2n) is 4.77. The van der Waals surface area contributed by atoms with E-state index in [9.17, 15) is 0 Å². The highest BCUT2D eigenvalue weighted by molar-refractivity contribution is 5.94. The van der Waals surface area contributed by atoms with Crippen LogP contribution < -0.4 is 4.90 Å². The zero-order valence-corrected chi connectivity index (χ0v) is 10.9. The van der Waals surface area contributed by atoms with Crippen LogP contribution in [0.15, 0.2) is 35.3 Å². The Hall–Kier alpha value is -1.51. The van der Waals surface area contributed by atoms with E-state index in [1.807, 2.05) is 18.2 Å². The average Bonchev–Trinajstić information content (AvgIpc) is 2.55. The van der Waals surface area contributed by atoms with Crippen molar-refractivity contribution in [3.63, 3.8) is 0 Å². The second-order valence-corrected chi connectivity index (χ2v) is 4.77. The largest absolute Gasteiger partial charge is 0.460 e. The summed E-state index contributed by atoms with van der Waals surface area (Å²) in [5.41, 5.74) is 1.14. The van der Waals surface area contributed by atoms with Crippen molar-refractivity contribution < 1.29 is 4.74 Å². The predicted octanol–water partition coefficient (Wildman–Crippen LogP) is 3.06. The maximum Gasteiger partial charge on any atom is 0.292 e. The number of anilines is 1. The molecule has 0 aliphatic carbocycles. The van der Waals surface area contributed by atoms with E-state index in [0.29, 0.717) is 6.04 Å². The molecule has 92 valence electrons. The van der Waals surface area contributed by atoms with Gasteiger partial charge in [-0.05, 0) is 39.8 Å². The molecule has 0 spiro atoms. The molecule has 2 rings (SSSR count). The normalized spacial score (nSPS) is 26.6. The van der Waals surface area contributed by atoms with Gasteiger partial charge in [0.1, 0.15) is 6.10 Å². The van der Waals surface area contributed by atoms with Crippen LogP contribution in [0.2, 0.25) is 0 Å². The number of aliphatic imine (C=N–C) groups is 1. The Kier molecular flexibility index (Phi) is 3.36. The minimum Gasteiger partial charge on any atom is -0.460 e. The smallest absolute Gasteiger partial charge is 0.292 e.